The van der Waals surface area contributed by atoms with Crippen LogP contribution in [0, 0.1) is 13.8 Å². The van der Waals surface area contributed by atoms with Gasteiger partial charge in [0.05, 0.1) is 5.69 Å². The van der Waals surface area contributed by atoms with Gasteiger partial charge in [-0.3, -0.25) is 4.79 Å². The van der Waals surface area contributed by atoms with E-state index >= 15 is 0 Å². The van der Waals surface area contributed by atoms with Crippen molar-refractivity contribution in [2.75, 3.05) is 0 Å². The molecule has 0 fully saturated rings. The zero-order valence-corrected chi connectivity index (χ0v) is 10.3. The number of nitrogens with zero attached hydrogens (tertiary/aromatic N) is 2. The Morgan fingerprint density at radius 2 is 2.19 bits per heavy atom. The van der Waals surface area contributed by atoms with Crippen molar-refractivity contribution in [3.05, 3.63) is 17.7 Å². The van der Waals surface area contributed by atoms with E-state index in [9.17, 15) is 4.79 Å². The third kappa shape index (κ3) is 3.34. The van der Waals surface area contributed by atoms with E-state index in [1.807, 2.05) is 38.5 Å². The van der Waals surface area contributed by atoms with Crippen LogP contribution >= 0.6 is 0 Å². The largest absolute Gasteiger partial charge is 0.368 e. The van der Waals surface area contributed by atoms with Crippen molar-refractivity contribution >= 4 is 5.91 Å². The fraction of sp³-hybridized carbons (Fsp3) is 0.636. The highest BCUT2D eigenvalue weighted by atomic mass is 16.1. The van der Waals surface area contributed by atoms with Crippen molar-refractivity contribution in [2.45, 2.75) is 46.3 Å². The molecule has 3 N–H and O–H groups in total. The first-order chi connectivity index (χ1) is 7.40. The lowest BCUT2D eigenvalue weighted by Crippen LogP contribution is -2.47. The van der Waals surface area contributed by atoms with Crippen LogP contribution < -0.4 is 11.1 Å². The van der Waals surface area contributed by atoms with Gasteiger partial charge in [-0.05, 0) is 13.8 Å². The molecule has 1 amide bonds. The summed E-state index contributed by atoms with van der Waals surface area (Å²) in [6.07, 6.45) is 1.92. The lowest BCUT2D eigenvalue weighted by molar-refractivity contribution is -0.120. The number of amides is 1. The van der Waals surface area contributed by atoms with E-state index in [-0.39, 0.29) is 18.0 Å². The lowest BCUT2D eigenvalue weighted by atomic mass is 10.2. The standard InChI is InChI=1S/C11H20N4O/c1-7(2)13-10(11(12)16)6-15-5-8(3)14-9(15)4/h5,7,10,13H,6H2,1-4H3,(H2,12,16). The number of primary amides is 1. The van der Waals surface area contributed by atoms with E-state index in [0.29, 0.717) is 6.54 Å². The summed E-state index contributed by atoms with van der Waals surface area (Å²) in [4.78, 5) is 15.6. The van der Waals surface area contributed by atoms with Gasteiger partial charge >= 0.3 is 0 Å². The maximum atomic E-state index is 11.3. The number of hydrogen-bond donors (Lipinski definition) is 2. The quantitative estimate of drug-likeness (QED) is 0.758. The molecule has 1 aromatic rings. The molecule has 1 heterocycles. The third-order valence-electron chi connectivity index (χ3n) is 2.35. The van der Waals surface area contributed by atoms with Crippen LogP contribution in [0.25, 0.3) is 0 Å². The summed E-state index contributed by atoms with van der Waals surface area (Å²) >= 11 is 0. The zero-order chi connectivity index (χ0) is 12.3. The van der Waals surface area contributed by atoms with Gasteiger partial charge in [0.1, 0.15) is 11.9 Å². The second-order valence-corrected chi connectivity index (χ2v) is 4.36. The summed E-state index contributed by atoms with van der Waals surface area (Å²) in [5.41, 5.74) is 6.30. The molecular formula is C11H20N4O. The van der Waals surface area contributed by atoms with Crippen LogP contribution in [0.2, 0.25) is 0 Å². The van der Waals surface area contributed by atoms with Crippen LogP contribution in [0.3, 0.4) is 0 Å². The van der Waals surface area contributed by atoms with Crippen molar-refractivity contribution in [3.63, 3.8) is 0 Å². The van der Waals surface area contributed by atoms with E-state index in [2.05, 4.69) is 10.3 Å². The summed E-state index contributed by atoms with van der Waals surface area (Å²) in [6.45, 7) is 8.35. The number of nitrogens with two attached hydrogens (primary N) is 1. The molecule has 0 aliphatic rings. The van der Waals surface area contributed by atoms with Gasteiger partial charge in [0.2, 0.25) is 5.91 Å². The first-order valence-electron chi connectivity index (χ1n) is 5.46. The molecule has 5 heteroatoms. The number of rotatable bonds is 5. The summed E-state index contributed by atoms with van der Waals surface area (Å²) in [5, 5.41) is 3.14. The SMILES string of the molecule is Cc1cn(CC(NC(C)C)C(N)=O)c(C)n1. The number of nitrogens with one attached hydrogen (secondary N) is 1. The molecule has 90 valence electrons. The van der Waals surface area contributed by atoms with Gasteiger partial charge in [-0.15, -0.1) is 0 Å². The van der Waals surface area contributed by atoms with Gasteiger partial charge in [0, 0.05) is 18.8 Å². The smallest absolute Gasteiger partial charge is 0.236 e. The zero-order valence-electron chi connectivity index (χ0n) is 10.3. The Labute approximate surface area is 96.0 Å². The number of hydrogen-bond acceptors (Lipinski definition) is 3. The van der Waals surface area contributed by atoms with Crippen molar-refractivity contribution in [1.82, 2.24) is 14.9 Å². The average molecular weight is 224 g/mol. The molecule has 16 heavy (non-hydrogen) atoms. The van der Waals surface area contributed by atoms with Gasteiger partial charge in [-0.2, -0.15) is 0 Å². The number of carbonyl (C=O) groups excluding carboxylic acids is 1. The summed E-state index contributed by atoms with van der Waals surface area (Å²) in [7, 11) is 0. The lowest BCUT2D eigenvalue weighted by Gasteiger charge is -2.19. The second kappa shape index (κ2) is 5.12. The molecule has 0 saturated carbocycles. The first kappa shape index (κ1) is 12.7. The Hall–Kier alpha value is -1.36. The normalized spacial score (nSPS) is 13.1. The molecule has 1 rings (SSSR count). The molecule has 0 spiro atoms. The fourth-order valence-corrected chi connectivity index (χ4v) is 1.68. The monoisotopic (exact) mass is 224 g/mol. The molecular weight excluding hydrogens is 204 g/mol. The Morgan fingerprint density at radius 1 is 1.56 bits per heavy atom. The topological polar surface area (TPSA) is 72.9 Å². The average Bonchev–Trinajstić information content (AvgIpc) is 2.43. The number of imidazole rings is 1. The molecule has 0 aromatic carbocycles. The van der Waals surface area contributed by atoms with Gasteiger partial charge in [0.15, 0.2) is 0 Å². The summed E-state index contributed by atoms with van der Waals surface area (Å²) in [5.74, 6) is 0.564. The van der Waals surface area contributed by atoms with E-state index in [0.717, 1.165) is 11.5 Å². The Bertz CT molecular complexity index is 370. The Morgan fingerprint density at radius 3 is 2.56 bits per heavy atom. The molecule has 1 unspecified atom stereocenters. The fourth-order valence-electron chi connectivity index (χ4n) is 1.68. The highest BCUT2D eigenvalue weighted by Crippen LogP contribution is 2.03. The van der Waals surface area contributed by atoms with Crippen molar-refractivity contribution in [3.8, 4) is 0 Å². The van der Waals surface area contributed by atoms with Crippen LogP contribution in [0.1, 0.15) is 25.4 Å². The number of aromatic nitrogens is 2. The van der Waals surface area contributed by atoms with Gasteiger partial charge in [0.25, 0.3) is 0 Å². The molecule has 0 bridgehead atoms. The molecule has 1 atom stereocenters. The van der Waals surface area contributed by atoms with E-state index in [1.165, 1.54) is 0 Å². The number of aryl methyl sites for hydroxylation is 2. The molecule has 5 nitrogen and oxygen atoms in total. The minimum Gasteiger partial charge on any atom is -0.368 e. The minimum absolute atomic E-state index is 0.224. The van der Waals surface area contributed by atoms with Gasteiger partial charge < -0.3 is 15.6 Å². The van der Waals surface area contributed by atoms with E-state index in [4.69, 9.17) is 5.73 Å². The Balaban J connectivity index is 2.75. The molecule has 0 aliphatic carbocycles. The minimum atomic E-state index is -0.354. The highest BCUT2D eigenvalue weighted by Gasteiger charge is 2.17. The predicted octanol–water partition coefficient (Wildman–Crippen LogP) is 0.352. The third-order valence-corrected chi connectivity index (χ3v) is 2.35. The van der Waals surface area contributed by atoms with Gasteiger partial charge in [-0.25, -0.2) is 4.98 Å². The summed E-state index contributed by atoms with van der Waals surface area (Å²) in [6, 6.07) is -0.130. The van der Waals surface area contributed by atoms with Crippen LogP contribution in [-0.4, -0.2) is 27.5 Å². The van der Waals surface area contributed by atoms with Crippen LogP contribution in [-0.2, 0) is 11.3 Å². The maximum Gasteiger partial charge on any atom is 0.236 e. The van der Waals surface area contributed by atoms with Gasteiger partial charge in [-0.1, -0.05) is 13.8 Å². The highest BCUT2D eigenvalue weighted by molar-refractivity contribution is 5.79. The predicted molar refractivity (Wildman–Crippen MR) is 63.0 cm³/mol. The van der Waals surface area contributed by atoms with E-state index in [1.54, 1.807) is 0 Å². The maximum absolute atomic E-state index is 11.3. The Kier molecular flexibility index (Phi) is 4.06. The van der Waals surface area contributed by atoms with E-state index < -0.39 is 0 Å². The van der Waals surface area contributed by atoms with Crippen molar-refractivity contribution in [1.29, 1.82) is 0 Å². The van der Waals surface area contributed by atoms with Crippen LogP contribution in [0.4, 0.5) is 0 Å². The molecule has 0 aliphatic heterocycles. The van der Waals surface area contributed by atoms with Crippen molar-refractivity contribution < 1.29 is 4.79 Å². The second-order valence-electron chi connectivity index (χ2n) is 4.36. The number of carbonyl (C=O) groups is 1. The summed E-state index contributed by atoms with van der Waals surface area (Å²) < 4.78 is 1.94. The van der Waals surface area contributed by atoms with Crippen molar-refractivity contribution in [2.24, 2.45) is 5.73 Å². The molecule has 1 aromatic heterocycles. The van der Waals surface area contributed by atoms with Crippen LogP contribution in [0.15, 0.2) is 6.20 Å². The molecule has 0 radical (unpaired) electrons. The van der Waals surface area contributed by atoms with Crippen LogP contribution in [0.5, 0.6) is 0 Å². The first-order valence-corrected chi connectivity index (χ1v) is 5.46. The molecule has 0 saturated heterocycles.